The fourth-order valence-electron chi connectivity index (χ4n) is 2.10. The fraction of sp³-hybridized carbons (Fsp3) is 0.188. The second-order valence-corrected chi connectivity index (χ2v) is 7.44. The van der Waals surface area contributed by atoms with Crippen molar-refractivity contribution in [3.63, 3.8) is 0 Å². The predicted octanol–water partition coefficient (Wildman–Crippen LogP) is 3.70. The number of benzene rings is 2. The summed E-state index contributed by atoms with van der Waals surface area (Å²) in [7, 11) is -4.38. The first-order chi connectivity index (χ1) is 12.2. The van der Waals surface area contributed by atoms with Crippen molar-refractivity contribution >= 4 is 31.7 Å². The molecule has 0 amide bonds. The van der Waals surface area contributed by atoms with Gasteiger partial charge in [-0.1, -0.05) is 6.07 Å². The van der Waals surface area contributed by atoms with E-state index in [1.54, 1.807) is 6.92 Å². The lowest BCUT2D eigenvalue weighted by atomic mass is 10.2. The van der Waals surface area contributed by atoms with Gasteiger partial charge in [0, 0.05) is 18.2 Å². The van der Waals surface area contributed by atoms with Gasteiger partial charge in [-0.25, -0.2) is 0 Å². The molecule has 0 radical (unpaired) electrons. The summed E-state index contributed by atoms with van der Waals surface area (Å²) in [4.78, 5) is 9.90. The average molecular weight is 441 g/mol. The van der Waals surface area contributed by atoms with E-state index in [0.717, 1.165) is 6.07 Å². The lowest BCUT2D eigenvalue weighted by Gasteiger charge is -2.14. The van der Waals surface area contributed by atoms with Crippen LogP contribution in [0.5, 0.6) is 11.5 Å². The third kappa shape index (κ3) is 4.12. The Morgan fingerprint density at radius 3 is 2.58 bits per heavy atom. The van der Waals surface area contributed by atoms with Crippen molar-refractivity contribution in [2.24, 2.45) is 0 Å². The number of non-ortho nitro benzene ring substituents is 1. The minimum atomic E-state index is -4.38. The Kier molecular flexibility index (Phi) is 5.84. The van der Waals surface area contributed by atoms with Crippen LogP contribution in [0.15, 0.2) is 39.7 Å². The van der Waals surface area contributed by atoms with Gasteiger partial charge in [-0.3, -0.25) is 10.1 Å². The number of nitriles is 1. The molecule has 136 valence electrons. The number of nitrogens with zero attached hydrogens (tertiary/aromatic N) is 2. The van der Waals surface area contributed by atoms with Crippen molar-refractivity contribution in [1.82, 2.24) is 0 Å². The summed E-state index contributed by atoms with van der Waals surface area (Å²) >= 11 is 3.16. The summed E-state index contributed by atoms with van der Waals surface area (Å²) in [6, 6.07) is 8.12. The van der Waals surface area contributed by atoms with E-state index < -0.39 is 15.0 Å². The molecule has 2 aromatic carbocycles. The Balaban J connectivity index is 2.56. The SMILES string of the molecule is CCOc1cc(C#N)cc(Br)c1OS(=O)(=O)c1cc([N+](=O)[O-])ccc1C. The zero-order chi connectivity index (χ0) is 19.5. The second-order valence-electron chi connectivity index (χ2n) is 5.07. The maximum atomic E-state index is 12.7. The zero-order valence-electron chi connectivity index (χ0n) is 13.7. The molecule has 0 atom stereocenters. The number of halogens is 1. The highest BCUT2D eigenvalue weighted by Crippen LogP contribution is 2.39. The first-order valence-corrected chi connectivity index (χ1v) is 9.45. The topological polar surface area (TPSA) is 120 Å². The van der Waals surface area contributed by atoms with E-state index in [1.807, 2.05) is 6.07 Å². The normalized spacial score (nSPS) is 10.8. The van der Waals surface area contributed by atoms with Crippen molar-refractivity contribution in [3.05, 3.63) is 56.0 Å². The lowest BCUT2D eigenvalue weighted by Crippen LogP contribution is -2.13. The molecule has 2 rings (SSSR count). The Morgan fingerprint density at radius 2 is 2.00 bits per heavy atom. The lowest BCUT2D eigenvalue weighted by molar-refractivity contribution is -0.385. The van der Waals surface area contributed by atoms with E-state index in [0.29, 0.717) is 5.56 Å². The molecule has 0 aromatic heterocycles. The standard InChI is InChI=1S/C16H13BrN2O6S/c1-3-24-14-7-11(9-18)6-13(17)16(14)25-26(22,23)15-8-12(19(20)21)5-4-10(15)2/h4-8H,3H2,1-2H3. The number of ether oxygens (including phenoxy) is 1. The number of rotatable bonds is 6. The van der Waals surface area contributed by atoms with Crippen molar-refractivity contribution in [1.29, 1.82) is 5.26 Å². The quantitative estimate of drug-likeness (QED) is 0.381. The van der Waals surface area contributed by atoms with Gasteiger partial charge in [0.2, 0.25) is 0 Å². The minimum Gasteiger partial charge on any atom is -0.490 e. The molecule has 0 fully saturated rings. The maximum absolute atomic E-state index is 12.7. The predicted molar refractivity (Wildman–Crippen MR) is 95.7 cm³/mol. The van der Waals surface area contributed by atoms with Gasteiger partial charge < -0.3 is 8.92 Å². The fourth-order valence-corrected chi connectivity index (χ4v) is 3.94. The number of hydrogen-bond donors (Lipinski definition) is 0. The highest BCUT2D eigenvalue weighted by Gasteiger charge is 2.26. The molecule has 0 N–H and O–H groups in total. The smallest absolute Gasteiger partial charge is 0.339 e. The molecule has 0 spiro atoms. The first kappa shape index (κ1) is 19.7. The molecule has 0 aliphatic carbocycles. The Labute approximate surface area is 158 Å². The van der Waals surface area contributed by atoms with E-state index >= 15 is 0 Å². The Morgan fingerprint density at radius 1 is 1.31 bits per heavy atom. The van der Waals surface area contributed by atoms with Gasteiger partial charge in [-0.15, -0.1) is 0 Å². The molecule has 8 nitrogen and oxygen atoms in total. The second kappa shape index (κ2) is 7.72. The number of nitro benzene ring substituents is 1. The van der Waals surface area contributed by atoms with Crippen molar-refractivity contribution in [2.75, 3.05) is 6.61 Å². The highest BCUT2D eigenvalue weighted by molar-refractivity contribution is 9.10. The van der Waals surface area contributed by atoms with Gasteiger partial charge in [-0.2, -0.15) is 13.7 Å². The summed E-state index contributed by atoms with van der Waals surface area (Å²) in [5.74, 6) is -0.0816. The molecule has 0 aliphatic heterocycles. The van der Waals surface area contributed by atoms with Gasteiger partial charge in [-0.05, 0) is 41.4 Å². The average Bonchev–Trinajstić information content (AvgIpc) is 2.57. The number of hydrogen-bond acceptors (Lipinski definition) is 7. The molecule has 0 unspecified atom stereocenters. The zero-order valence-corrected chi connectivity index (χ0v) is 16.1. The van der Waals surface area contributed by atoms with Crippen LogP contribution in [0.25, 0.3) is 0 Å². The van der Waals surface area contributed by atoms with Crippen LogP contribution in [0.3, 0.4) is 0 Å². The summed E-state index contributed by atoms with van der Waals surface area (Å²) in [5.41, 5.74) is 0.164. The van der Waals surface area contributed by atoms with E-state index in [1.165, 1.54) is 31.2 Å². The van der Waals surface area contributed by atoms with Crippen LogP contribution in [0, 0.1) is 28.4 Å². The van der Waals surface area contributed by atoms with Crippen LogP contribution in [0.1, 0.15) is 18.1 Å². The van der Waals surface area contributed by atoms with Gasteiger partial charge >= 0.3 is 10.1 Å². The van der Waals surface area contributed by atoms with Crippen LogP contribution in [-0.4, -0.2) is 19.9 Å². The molecule has 0 heterocycles. The molecule has 0 bridgehead atoms. The van der Waals surface area contributed by atoms with Gasteiger partial charge in [0.15, 0.2) is 11.5 Å². The van der Waals surface area contributed by atoms with Gasteiger partial charge in [0.1, 0.15) is 4.90 Å². The Hall–Kier alpha value is -2.64. The molecule has 0 aliphatic rings. The summed E-state index contributed by atoms with van der Waals surface area (Å²) in [6.07, 6.45) is 0. The van der Waals surface area contributed by atoms with Crippen molar-refractivity contribution in [2.45, 2.75) is 18.7 Å². The largest absolute Gasteiger partial charge is 0.490 e. The molecular formula is C16H13BrN2O6S. The molecular weight excluding hydrogens is 428 g/mol. The third-order valence-corrected chi connectivity index (χ3v) is 5.24. The molecule has 0 saturated heterocycles. The third-order valence-electron chi connectivity index (χ3n) is 3.28. The summed E-state index contributed by atoms with van der Waals surface area (Å²) < 4.78 is 36.1. The van der Waals surface area contributed by atoms with Gasteiger partial charge in [0.25, 0.3) is 5.69 Å². The van der Waals surface area contributed by atoms with Crippen LogP contribution in [0.2, 0.25) is 0 Å². The van der Waals surface area contributed by atoms with Crippen molar-refractivity contribution in [3.8, 4) is 17.6 Å². The molecule has 26 heavy (non-hydrogen) atoms. The van der Waals surface area contributed by atoms with Crippen LogP contribution >= 0.6 is 15.9 Å². The maximum Gasteiger partial charge on any atom is 0.339 e. The minimum absolute atomic E-state index is 0.0603. The van der Waals surface area contributed by atoms with Crippen LogP contribution < -0.4 is 8.92 Å². The van der Waals surface area contributed by atoms with Crippen molar-refractivity contribution < 1.29 is 22.3 Å². The van der Waals surface area contributed by atoms with E-state index in [2.05, 4.69) is 15.9 Å². The molecule has 2 aromatic rings. The van der Waals surface area contributed by atoms with Gasteiger partial charge in [0.05, 0.1) is 27.6 Å². The number of aryl methyl sites for hydroxylation is 1. The monoisotopic (exact) mass is 440 g/mol. The Bertz CT molecular complexity index is 1010. The van der Waals surface area contributed by atoms with Crippen LogP contribution in [0.4, 0.5) is 5.69 Å². The summed E-state index contributed by atoms with van der Waals surface area (Å²) in [5, 5.41) is 20.0. The highest BCUT2D eigenvalue weighted by atomic mass is 79.9. The van der Waals surface area contributed by atoms with E-state index in [4.69, 9.17) is 14.2 Å². The molecule has 0 saturated carbocycles. The van der Waals surface area contributed by atoms with E-state index in [-0.39, 0.29) is 38.7 Å². The summed E-state index contributed by atoms with van der Waals surface area (Å²) in [6.45, 7) is 3.40. The molecule has 10 heteroatoms. The van der Waals surface area contributed by atoms with Crippen LogP contribution in [-0.2, 0) is 10.1 Å². The van der Waals surface area contributed by atoms with E-state index in [9.17, 15) is 18.5 Å². The first-order valence-electron chi connectivity index (χ1n) is 7.25. The number of nitro groups is 1.